The van der Waals surface area contributed by atoms with Crippen molar-refractivity contribution in [3.05, 3.63) is 29.8 Å². The summed E-state index contributed by atoms with van der Waals surface area (Å²) in [4.78, 5) is 16.6. The third kappa shape index (κ3) is 4.21. The monoisotopic (exact) mass is 289 g/mol. The van der Waals surface area contributed by atoms with Gasteiger partial charge in [-0.15, -0.1) is 0 Å². The van der Waals surface area contributed by atoms with Crippen LogP contribution in [0.2, 0.25) is 0 Å². The van der Waals surface area contributed by atoms with Gasteiger partial charge in [-0.1, -0.05) is 12.1 Å². The predicted octanol–water partition coefficient (Wildman–Crippen LogP) is 2.37. The summed E-state index contributed by atoms with van der Waals surface area (Å²) in [5.41, 5.74) is 7.85. The zero-order chi connectivity index (χ0) is 15.2. The van der Waals surface area contributed by atoms with Crippen molar-refractivity contribution in [3.63, 3.8) is 0 Å². The number of carbonyl (C=O) groups is 1. The van der Waals surface area contributed by atoms with Gasteiger partial charge in [-0.25, -0.2) is 0 Å². The number of nitrogens with zero attached hydrogens (tertiary/aromatic N) is 2. The summed E-state index contributed by atoms with van der Waals surface area (Å²) in [5.74, 6) is 0.242. The summed E-state index contributed by atoms with van der Waals surface area (Å²) in [5, 5.41) is 0. The number of carbonyl (C=O) groups excluding carboxylic acids is 1. The Morgan fingerprint density at radius 1 is 1.19 bits per heavy atom. The Balaban J connectivity index is 2.05. The predicted molar refractivity (Wildman–Crippen MR) is 87.2 cm³/mol. The highest BCUT2D eigenvalue weighted by atomic mass is 16.2. The molecule has 4 heteroatoms. The van der Waals surface area contributed by atoms with E-state index in [2.05, 4.69) is 30.9 Å². The average molecular weight is 289 g/mol. The Kier molecular flexibility index (Phi) is 5.62. The van der Waals surface area contributed by atoms with E-state index >= 15 is 0 Å². The van der Waals surface area contributed by atoms with Crippen molar-refractivity contribution in [2.75, 3.05) is 24.5 Å². The van der Waals surface area contributed by atoms with Crippen molar-refractivity contribution in [1.29, 1.82) is 0 Å². The van der Waals surface area contributed by atoms with Crippen molar-refractivity contribution in [3.8, 4) is 0 Å². The molecular formula is C17H27N3O. The van der Waals surface area contributed by atoms with Crippen LogP contribution in [0, 0.1) is 0 Å². The van der Waals surface area contributed by atoms with E-state index in [0.29, 0.717) is 19.1 Å². The minimum absolute atomic E-state index is 0.242. The molecule has 1 heterocycles. The second-order valence-corrected chi connectivity index (χ2v) is 6.03. The molecule has 0 saturated carbocycles. The van der Waals surface area contributed by atoms with E-state index in [-0.39, 0.29) is 5.91 Å². The van der Waals surface area contributed by atoms with Gasteiger partial charge in [-0.2, -0.15) is 0 Å². The van der Waals surface area contributed by atoms with E-state index in [0.717, 1.165) is 37.2 Å². The molecular weight excluding hydrogens is 262 g/mol. The summed E-state index contributed by atoms with van der Waals surface area (Å²) in [6.07, 6.45) is 3.52. The first-order valence-corrected chi connectivity index (χ1v) is 7.95. The topological polar surface area (TPSA) is 49.6 Å². The first-order valence-electron chi connectivity index (χ1n) is 7.95. The Bertz CT molecular complexity index is 450. The van der Waals surface area contributed by atoms with Gasteiger partial charge in [0.1, 0.15) is 0 Å². The number of benzene rings is 1. The Morgan fingerprint density at radius 3 is 2.33 bits per heavy atom. The standard InChI is InChI=1S/C17H27N3O/c1-14(2)20(16-8-6-15(12-18)7-9-16)13-17(21)19-10-4-3-5-11-19/h6-9,14H,3-5,10-13,18H2,1-2H3. The van der Waals surface area contributed by atoms with Gasteiger partial charge in [0.05, 0.1) is 6.54 Å². The van der Waals surface area contributed by atoms with E-state index < -0.39 is 0 Å². The molecule has 1 fully saturated rings. The summed E-state index contributed by atoms with van der Waals surface area (Å²) in [6.45, 7) is 7.09. The van der Waals surface area contributed by atoms with E-state index in [1.807, 2.05) is 17.0 Å². The number of hydrogen-bond acceptors (Lipinski definition) is 3. The van der Waals surface area contributed by atoms with Crippen LogP contribution in [0.25, 0.3) is 0 Å². The van der Waals surface area contributed by atoms with Gasteiger partial charge in [0, 0.05) is 31.4 Å². The van der Waals surface area contributed by atoms with Crippen LogP contribution in [0.4, 0.5) is 5.69 Å². The smallest absolute Gasteiger partial charge is 0.242 e. The summed E-state index contributed by atoms with van der Waals surface area (Å²) in [7, 11) is 0. The minimum Gasteiger partial charge on any atom is -0.360 e. The van der Waals surface area contributed by atoms with E-state index in [9.17, 15) is 4.79 Å². The van der Waals surface area contributed by atoms with Crippen molar-refractivity contribution in [1.82, 2.24) is 4.90 Å². The van der Waals surface area contributed by atoms with Gasteiger partial charge in [-0.3, -0.25) is 4.79 Å². The number of anilines is 1. The SMILES string of the molecule is CC(C)N(CC(=O)N1CCCCC1)c1ccc(CN)cc1. The van der Waals surface area contributed by atoms with Crippen LogP contribution in [0.15, 0.2) is 24.3 Å². The molecule has 0 unspecified atom stereocenters. The molecule has 116 valence electrons. The molecule has 1 aromatic carbocycles. The fourth-order valence-corrected chi connectivity index (χ4v) is 2.78. The Hall–Kier alpha value is -1.55. The largest absolute Gasteiger partial charge is 0.360 e. The van der Waals surface area contributed by atoms with Crippen molar-refractivity contribution in [2.45, 2.75) is 45.7 Å². The lowest BCUT2D eigenvalue weighted by Crippen LogP contribution is -2.45. The maximum atomic E-state index is 12.5. The molecule has 0 bridgehead atoms. The van der Waals surface area contributed by atoms with Crippen LogP contribution in [-0.4, -0.2) is 36.5 Å². The number of nitrogens with two attached hydrogens (primary N) is 1. The van der Waals surface area contributed by atoms with Crippen molar-refractivity contribution in [2.24, 2.45) is 5.73 Å². The molecule has 1 aliphatic heterocycles. The quantitative estimate of drug-likeness (QED) is 0.905. The number of amides is 1. The molecule has 1 aliphatic rings. The highest BCUT2D eigenvalue weighted by molar-refractivity contribution is 5.81. The fourth-order valence-electron chi connectivity index (χ4n) is 2.78. The van der Waals surface area contributed by atoms with E-state index in [1.165, 1.54) is 6.42 Å². The van der Waals surface area contributed by atoms with E-state index in [1.54, 1.807) is 0 Å². The molecule has 0 radical (unpaired) electrons. The van der Waals surface area contributed by atoms with Crippen LogP contribution in [-0.2, 0) is 11.3 Å². The Labute approximate surface area is 127 Å². The van der Waals surface area contributed by atoms with Gasteiger partial charge in [0.15, 0.2) is 0 Å². The number of rotatable bonds is 5. The van der Waals surface area contributed by atoms with Crippen LogP contribution >= 0.6 is 0 Å². The summed E-state index contributed by atoms with van der Waals surface area (Å²) in [6, 6.07) is 8.49. The first kappa shape index (κ1) is 15.8. The molecule has 0 aromatic heterocycles. The van der Waals surface area contributed by atoms with Gasteiger partial charge >= 0.3 is 0 Å². The zero-order valence-corrected chi connectivity index (χ0v) is 13.2. The molecule has 1 amide bonds. The first-order chi connectivity index (χ1) is 10.1. The van der Waals surface area contributed by atoms with Gasteiger partial charge in [-0.05, 0) is 50.8 Å². The lowest BCUT2D eigenvalue weighted by atomic mass is 10.1. The molecule has 0 atom stereocenters. The number of hydrogen-bond donors (Lipinski definition) is 1. The molecule has 21 heavy (non-hydrogen) atoms. The average Bonchev–Trinajstić information content (AvgIpc) is 2.53. The zero-order valence-electron chi connectivity index (χ0n) is 13.2. The summed E-state index contributed by atoms with van der Waals surface area (Å²) >= 11 is 0. The van der Waals surface area contributed by atoms with Crippen molar-refractivity contribution < 1.29 is 4.79 Å². The molecule has 0 spiro atoms. The molecule has 0 aliphatic carbocycles. The van der Waals surface area contributed by atoms with Crippen LogP contribution in [0.3, 0.4) is 0 Å². The molecule has 2 rings (SSSR count). The Morgan fingerprint density at radius 2 is 1.81 bits per heavy atom. The van der Waals surface area contributed by atoms with Gasteiger partial charge in [0.25, 0.3) is 0 Å². The van der Waals surface area contributed by atoms with Crippen LogP contribution in [0.5, 0.6) is 0 Å². The van der Waals surface area contributed by atoms with E-state index in [4.69, 9.17) is 5.73 Å². The number of piperidine rings is 1. The normalized spacial score (nSPS) is 15.3. The second kappa shape index (κ2) is 7.46. The highest BCUT2D eigenvalue weighted by Crippen LogP contribution is 2.19. The van der Waals surface area contributed by atoms with Gasteiger partial charge < -0.3 is 15.5 Å². The molecule has 1 saturated heterocycles. The fraction of sp³-hybridized carbons (Fsp3) is 0.588. The lowest BCUT2D eigenvalue weighted by molar-refractivity contribution is -0.130. The van der Waals surface area contributed by atoms with Gasteiger partial charge in [0.2, 0.25) is 5.91 Å². The van der Waals surface area contributed by atoms with Crippen LogP contribution in [0.1, 0.15) is 38.7 Å². The molecule has 2 N–H and O–H groups in total. The third-order valence-corrected chi connectivity index (χ3v) is 4.14. The van der Waals surface area contributed by atoms with Crippen LogP contribution < -0.4 is 10.6 Å². The molecule has 4 nitrogen and oxygen atoms in total. The maximum Gasteiger partial charge on any atom is 0.242 e. The highest BCUT2D eigenvalue weighted by Gasteiger charge is 2.21. The lowest BCUT2D eigenvalue weighted by Gasteiger charge is -2.33. The molecule has 1 aromatic rings. The second-order valence-electron chi connectivity index (χ2n) is 6.03. The summed E-state index contributed by atoms with van der Waals surface area (Å²) < 4.78 is 0. The maximum absolute atomic E-state index is 12.5. The van der Waals surface area contributed by atoms with Crippen molar-refractivity contribution >= 4 is 11.6 Å². The number of likely N-dealkylation sites (tertiary alicyclic amines) is 1. The third-order valence-electron chi connectivity index (χ3n) is 4.14. The minimum atomic E-state index is 0.242.